The Morgan fingerprint density at radius 1 is 1.06 bits per heavy atom. The number of aromatic nitrogens is 1. The maximum atomic E-state index is 13.8. The molecule has 14 heteroatoms. The number of benzene rings is 2. The lowest BCUT2D eigenvalue weighted by Gasteiger charge is -2.26. The van der Waals surface area contributed by atoms with Crippen molar-refractivity contribution in [2.75, 3.05) is 36.4 Å². The van der Waals surface area contributed by atoms with Crippen molar-refractivity contribution in [1.29, 1.82) is 0 Å². The van der Waals surface area contributed by atoms with Crippen molar-refractivity contribution in [3.63, 3.8) is 0 Å². The van der Waals surface area contributed by atoms with Gasteiger partial charge in [0.2, 0.25) is 10.0 Å². The van der Waals surface area contributed by atoms with Crippen molar-refractivity contribution in [1.82, 2.24) is 15.6 Å². The Morgan fingerprint density at radius 3 is 2.47 bits per heavy atom. The molecule has 3 aromatic rings. The number of nitrogens with one attached hydrogen (secondary N) is 3. The van der Waals surface area contributed by atoms with Gasteiger partial charge in [0.25, 0.3) is 5.91 Å². The van der Waals surface area contributed by atoms with Gasteiger partial charge in [0, 0.05) is 32.2 Å². The van der Waals surface area contributed by atoms with Crippen molar-refractivity contribution >= 4 is 27.6 Å². The molecule has 2 atom stereocenters. The zero-order valence-corrected chi connectivity index (χ0v) is 28.7. The van der Waals surface area contributed by atoms with Gasteiger partial charge in [-0.25, -0.2) is 13.4 Å². The van der Waals surface area contributed by atoms with E-state index in [1.54, 1.807) is 26.0 Å². The molecule has 0 spiro atoms. The summed E-state index contributed by atoms with van der Waals surface area (Å²) in [6, 6.07) is 14.5. The van der Waals surface area contributed by atoms with Crippen LogP contribution in [-0.4, -0.2) is 68.6 Å². The second kappa shape index (κ2) is 15.3. The van der Waals surface area contributed by atoms with Gasteiger partial charge in [0.15, 0.2) is 0 Å². The standard InChI is InChI=1S/C35H44F3N5O5S/c1-22(2)49(46,47)43(3)33-17-27(16-32(42-33)40-19-23-10-11-23)34(45)41-30(21-48-29-9-5-7-26(15-29)25-12-13-25)31(44)20-39-18-24-6-4-8-28(14-24)35(36,37)38/h4-9,14-17,22-23,25,30-31,39,44H,10-13,18-21H2,1-3H3,(H,40,42)(H,41,45). The first-order chi connectivity index (χ1) is 23.2. The molecule has 2 saturated carbocycles. The smallest absolute Gasteiger partial charge is 0.416 e. The number of hydrogen-bond donors (Lipinski definition) is 4. The predicted octanol–water partition coefficient (Wildman–Crippen LogP) is 5.30. The second-order valence-electron chi connectivity index (χ2n) is 13.1. The number of alkyl halides is 3. The molecule has 49 heavy (non-hydrogen) atoms. The van der Waals surface area contributed by atoms with Crippen molar-refractivity contribution in [2.45, 2.75) is 75.6 Å². The van der Waals surface area contributed by atoms with E-state index in [1.807, 2.05) is 18.2 Å². The van der Waals surface area contributed by atoms with E-state index in [1.165, 1.54) is 25.2 Å². The Balaban J connectivity index is 1.34. The highest BCUT2D eigenvalue weighted by Gasteiger charge is 2.31. The lowest BCUT2D eigenvalue weighted by atomic mass is 10.1. The fourth-order valence-electron chi connectivity index (χ4n) is 5.24. The van der Waals surface area contributed by atoms with Crippen LogP contribution in [0.2, 0.25) is 0 Å². The van der Waals surface area contributed by atoms with Gasteiger partial charge in [-0.3, -0.25) is 9.10 Å². The average molecular weight is 704 g/mol. The summed E-state index contributed by atoms with van der Waals surface area (Å²) in [5.41, 5.74) is 0.886. The Hall–Kier alpha value is -3.88. The molecule has 0 bridgehead atoms. The normalized spacial score (nSPS) is 16.2. The SMILES string of the molecule is CC(C)S(=O)(=O)N(C)c1cc(C(=O)NC(COc2cccc(C3CC3)c2)C(O)CNCc2cccc(C(F)(F)F)c2)cc(NCC2CC2)n1. The number of ether oxygens (including phenoxy) is 1. The lowest BCUT2D eigenvalue weighted by molar-refractivity contribution is -0.137. The minimum atomic E-state index is -4.48. The molecular formula is C35H44F3N5O5S. The van der Waals surface area contributed by atoms with Gasteiger partial charge in [-0.2, -0.15) is 13.2 Å². The zero-order valence-electron chi connectivity index (χ0n) is 27.8. The fraction of sp³-hybridized carbons (Fsp3) is 0.486. The Labute approximate surface area is 285 Å². The second-order valence-corrected chi connectivity index (χ2v) is 15.6. The van der Waals surface area contributed by atoms with E-state index >= 15 is 0 Å². The fourth-order valence-corrected chi connectivity index (χ4v) is 6.23. The van der Waals surface area contributed by atoms with Crippen LogP contribution >= 0.6 is 0 Å². The molecule has 1 heterocycles. The van der Waals surface area contributed by atoms with Gasteiger partial charge >= 0.3 is 6.18 Å². The van der Waals surface area contributed by atoms with Crippen molar-refractivity contribution in [3.05, 3.63) is 82.9 Å². The number of rotatable bonds is 17. The van der Waals surface area contributed by atoms with E-state index in [0.717, 1.165) is 47.7 Å². The van der Waals surface area contributed by atoms with E-state index in [2.05, 4.69) is 20.9 Å². The Bertz CT molecular complexity index is 1710. The highest BCUT2D eigenvalue weighted by molar-refractivity contribution is 7.93. The van der Waals surface area contributed by atoms with Crippen LogP contribution in [0.15, 0.2) is 60.7 Å². The van der Waals surface area contributed by atoms with E-state index in [4.69, 9.17) is 4.74 Å². The summed E-state index contributed by atoms with van der Waals surface area (Å²) in [7, 11) is -2.37. The molecule has 0 saturated heterocycles. The van der Waals surface area contributed by atoms with E-state index < -0.39 is 45.1 Å². The van der Waals surface area contributed by atoms with Crippen molar-refractivity contribution < 1.29 is 36.2 Å². The van der Waals surface area contributed by atoms with Gasteiger partial charge in [-0.15, -0.1) is 0 Å². The van der Waals surface area contributed by atoms with Crippen molar-refractivity contribution in [2.24, 2.45) is 5.92 Å². The molecule has 1 aromatic heterocycles. The number of aliphatic hydroxyl groups is 1. The molecule has 10 nitrogen and oxygen atoms in total. The summed E-state index contributed by atoms with van der Waals surface area (Å²) in [5.74, 6) is 1.36. The molecule has 266 valence electrons. The number of halogens is 3. The topological polar surface area (TPSA) is 133 Å². The monoisotopic (exact) mass is 703 g/mol. The van der Waals surface area contributed by atoms with Crippen LogP contribution in [0.1, 0.15) is 72.5 Å². The molecular weight excluding hydrogens is 659 g/mol. The summed E-state index contributed by atoms with van der Waals surface area (Å²) < 4.78 is 72.7. The highest BCUT2D eigenvalue weighted by Crippen LogP contribution is 2.41. The molecule has 0 radical (unpaired) electrons. The summed E-state index contributed by atoms with van der Waals surface area (Å²) in [4.78, 5) is 18.3. The Morgan fingerprint density at radius 2 is 1.80 bits per heavy atom. The van der Waals surface area contributed by atoms with Crippen LogP contribution in [-0.2, 0) is 22.7 Å². The number of carbonyl (C=O) groups is 1. The minimum absolute atomic E-state index is 0.0480. The predicted molar refractivity (Wildman–Crippen MR) is 182 cm³/mol. The third-order valence-corrected chi connectivity index (χ3v) is 10.8. The van der Waals surface area contributed by atoms with Crippen LogP contribution in [0.4, 0.5) is 24.8 Å². The molecule has 2 aromatic carbocycles. The first kappa shape index (κ1) is 36.4. The van der Waals surface area contributed by atoms with Gasteiger partial charge in [0.1, 0.15) is 24.0 Å². The molecule has 2 aliphatic carbocycles. The molecule has 1 amide bonds. The van der Waals surface area contributed by atoms with Gasteiger partial charge < -0.3 is 25.8 Å². The van der Waals surface area contributed by atoms with Gasteiger partial charge in [-0.05, 0) is 92.8 Å². The molecule has 0 aliphatic heterocycles. The maximum absolute atomic E-state index is 13.8. The summed E-state index contributed by atoms with van der Waals surface area (Å²) in [6.07, 6.45) is -1.32. The number of aliphatic hydroxyl groups excluding tert-OH is 1. The third-order valence-electron chi connectivity index (χ3n) is 8.70. The first-order valence-electron chi connectivity index (χ1n) is 16.5. The molecule has 5 rings (SSSR count). The molecule has 2 aliphatic rings. The van der Waals surface area contributed by atoms with Crippen LogP contribution in [0.25, 0.3) is 0 Å². The largest absolute Gasteiger partial charge is 0.491 e. The van der Waals surface area contributed by atoms with Crippen LogP contribution < -0.4 is 25.0 Å². The number of nitrogens with zero attached hydrogens (tertiary/aromatic N) is 2. The van der Waals surface area contributed by atoms with E-state index in [0.29, 0.717) is 35.5 Å². The maximum Gasteiger partial charge on any atom is 0.416 e. The van der Waals surface area contributed by atoms with Crippen molar-refractivity contribution in [3.8, 4) is 5.75 Å². The van der Waals surface area contributed by atoms with E-state index in [-0.39, 0.29) is 31.1 Å². The molecule has 4 N–H and O–H groups in total. The molecule has 2 unspecified atom stereocenters. The minimum Gasteiger partial charge on any atom is -0.491 e. The quantitative estimate of drug-likeness (QED) is 0.149. The summed E-state index contributed by atoms with van der Waals surface area (Å²) in [5, 5.41) is 19.6. The number of anilines is 2. The number of pyridine rings is 1. The Kier molecular flexibility index (Phi) is 11.4. The first-order valence-corrected chi connectivity index (χ1v) is 18.0. The van der Waals surface area contributed by atoms with Gasteiger partial charge in [-0.1, -0.05) is 30.3 Å². The van der Waals surface area contributed by atoms with E-state index in [9.17, 15) is 31.5 Å². The number of carbonyl (C=O) groups excluding carboxylic acids is 1. The number of sulfonamides is 1. The lowest BCUT2D eigenvalue weighted by Crippen LogP contribution is -2.50. The third kappa shape index (κ3) is 10.1. The summed E-state index contributed by atoms with van der Waals surface area (Å²) in [6.45, 7) is 3.61. The van der Waals surface area contributed by atoms with Crippen LogP contribution in [0.5, 0.6) is 5.75 Å². The zero-order chi connectivity index (χ0) is 35.3. The van der Waals surface area contributed by atoms with Crippen LogP contribution in [0, 0.1) is 5.92 Å². The molecule has 2 fully saturated rings. The average Bonchev–Trinajstić information content (AvgIpc) is 4.00. The summed E-state index contributed by atoms with van der Waals surface area (Å²) >= 11 is 0. The number of amides is 1. The van der Waals surface area contributed by atoms with Gasteiger partial charge in [0.05, 0.1) is 23.0 Å². The van der Waals surface area contributed by atoms with Crippen LogP contribution in [0.3, 0.4) is 0 Å². The number of hydrogen-bond acceptors (Lipinski definition) is 8. The highest BCUT2D eigenvalue weighted by atomic mass is 32.2.